The van der Waals surface area contributed by atoms with E-state index in [1.807, 2.05) is 0 Å². The van der Waals surface area contributed by atoms with Gasteiger partial charge in [0.05, 0.1) is 10.0 Å². The minimum Gasteiger partial charge on any atom is -0.345 e. The molecule has 1 saturated heterocycles. The zero-order valence-electron chi connectivity index (χ0n) is 16.5. The lowest BCUT2D eigenvalue weighted by molar-refractivity contribution is 0.215. The quantitative estimate of drug-likeness (QED) is 0.549. The molecule has 1 fully saturated rings. The van der Waals surface area contributed by atoms with E-state index in [4.69, 9.17) is 23.2 Å². The second-order valence-electron chi connectivity index (χ2n) is 7.18. The maximum absolute atomic E-state index is 13.1. The van der Waals surface area contributed by atoms with Crippen LogP contribution >= 0.6 is 34.7 Å². The van der Waals surface area contributed by atoms with Crippen molar-refractivity contribution in [3.8, 4) is 0 Å². The second-order valence-corrected chi connectivity index (χ2v) is 8.73. The van der Waals surface area contributed by atoms with E-state index in [2.05, 4.69) is 19.6 Å². The maximum atomic E-state index is 13.1. The van der Waals surface area contributed by atoms with Gasteiger partial charge in [-0.25, -0.2) is 14.2 Å². The first-order valence-corrected chi connectivity index (χ1v) is 11.3. The largest absolute Gasteiger partial charge is 0.345 e. The van der Waals surface area contributed by atoms with Gasteiger partial charge in [-0.3, -0.25) is 0 Å². The van der Waals surface area contributed by atoms with E-state index in [-0.39, 0.29) is 11.8 Å². The lowest BCUT2D eigenvalue weighted by atomic mass is 10.1. The predicted molar refractivity (Wildman–Crippen MR) is 123 cm³/mol. The first-order chi connectivity index (χ1) is 15.0. The number of urea groups is 1. The molecule has 1 aromatic heterocycles. The summed E-state index contributed by atoms with van der Waals surface area (Å²) in [6.07, 6.45) is 1.38. The molecule has 0 unspecified atom stereocenters. The number of nitrogens with one attached hydrogen (secondary N) is 1. The molecular formula is C21H20Cl2FN5OS. The highest BCUT2D eigenvalue weighted by Crippen LogP contribution is 2.25. The molecule has 2 aromatic carbocycles. The summed E-state index contributed by atoms with van der Waals surface area (Å²) in [4.78, 5) is 21.2. The van der Waals surface area contributed by atoms with E-state index in [1.165, 1.54) is 23.7 Å². The molecule has 10 heteroatoms. The summed E-state index contributed by atoms with van der Waals surface area (Å²) < 4.78 is 17.5. The third-order valence-corrected chi connectivity index (χ3v) is 6.51. The van der Waals surface area contributed by atoms with Crippen molar-refractivity contribution >= 4 is 51.6 Å². The highest BCUT2D eigenvalue weighted by atomic mass is 35.5. The molecule has 0 atom stereocenters. The molecule has 1 aliphatic rings. The van der Waals surface area contributed by atoms with Crippen LogP contribution in [0.25, 0.3) is 0 Å². The molecule has 1 N–H and O–H groups in total. The zero-order chi connectivity index (χ0) is 21.8. The van der Waals surface area contributed by atoms with Gasteiger partial charge in [-0.05, 0) is 42.3 Å². The van der Waals surface area contributed by atoms with Gasteiger partial charge in [0.2, 0.25) is 5.13 Å². The summed E-state index contributed by atoms with van der Waals surface area (Å²) in [6.45, 7) is 2.67. The zero-order valence-corrected chi connectivity index (χ0v) is 18.9. The third kappa shape index (κ3) is 5.64. The number of rotatable bonds is 4. The van der Waals surface area contributed by atoms with E-state index in [1.54, 1.807) is 35.2 Å². The minimum atomic E-state index is -0.256. The normalized spacial score (nSPS) is 14.4. The molecule has 31 heavy (non-hydrogen) atoms. The van der Waals surface area contributed by atoms with Crippen LogP contribution in [0.3, 0.4) is 0 Å². The molecule has 4 rings (SSSR count). The van der Waals surface area contributed by atoms with E-state index >= 15 is 0 Å². The molecular weight excluding hydrogens is 460 g/mol. The van der Waals surface area contributed by atoms with Crippen molar-refractivity contribution in [2.45, 2.75) is 12.8 Å². The van der Waals surface area contributed by atoms with E-state index < -0.39 is 0 Å². The molecule has 0 aliphatic carbocycles. The van der Waals surface area contributed by atoms with E-state index in [9.17, 15) is 9.18 Å². The topological polar surface area (TPSA) is 61.4 Å². The first-order valence-electron chi connectivity index (χ1n) is 9.81. The Morgan fingerprint density at radius 3 is 2.65 bits per heavy atom. The number of nitrogens with zero attached hydrogens (tertiary/aromatic N) is 4. The molecule has 6 nitrogen and oxygen atoms in total. The van der Waals surface area contributed by atoms with Crippen LogP contribution in [-0.2, 0) is 6.42 Å². The fourth-order valence-electron chi connectivity index (χ4n) is 3.32. The van der Waals surface area contributed by atoms with Crippen molar-refractivity contribution < 1.29 is 9.18 Å². The number of carbonyl (C=O) groups excluding carboxylic acids is 1. The third-order valence-electron chi connectivity index (χ3n) is 4.96. The number of hydrogen-bond donors (Lipinski definition) is 1. The Kier molecular flexibility index (Phi) is 6.89. The van der Waals surface area contributed by atoms with Gasteiger partial charge in [0.1, 0.15) is 11.6 Å². The molecule has 0 saturated carbocycles. The van der Waals surface area contributed by atoms with Crippen molar-refractivity contribution in [3.05, 3.63) is 69.7 Å². The van der Waals surface area contributed by atoms with Crippen molar-refractivity contribution in [2.24, 2.45) is 0 Å². The number of anilines is 2. The monoisotopic (exact) mass is 479 g/mol. The number of amides is 2. The number of benzene rings is 2. The molecule has 2 heterocycles. The Morgan fingerprint density at radius 1 is 1.06 bits per heavy atom. The van der Waals surface area contributed by atoms with Gasteiger partial charge in [0.15, 0.2) is 0 Å². The molecule has 162 valence electrons. The van der Waals surface area contributed by atoms with Crippen molar-refractivity contribution in [3.63, 3.8) is 0 Å². The minimum absolute atomic E-state index is 0.172. The van der Waals surface area contributed by atoms with Gasteiger partial charge in [0.25, 0.3) is 0 Å². The Bertz CT molecular complexity index is 1060. The number of aromatic nitrogens is 2. The van der Waals surface area contributed by atoms with E-state index in [0.29, 0.717) is 47.6 Å². The van der Waals surface area contributed by atoms with Gasteiger partial charge < -0.3 is 15.1 Å². The lowest BCUT2D eigenvalue weighted by Gasteiger charge is -2.22. The van der Waals surface area contributed by atoms with Crippen molar-refractivity contribution in [1.82, 2.24) is 14.3 Å². The van der Waals surface area contributed by atoms with Crippen LogP contribution in [0.15, 0.2) is 42.5 Å². The van der Waals surface area contributed by atoms with Crippen LogP contribution < -0.4 is 10.2 Å². The van der Waals surface area contributed by atoms with Crippen LogP contribution in [-0.4, -0.2) is 46.5 Å². The summed E-state index contributed by atoms with van der Waals surface area (Å²) in [5, 5.41) is 4.55. The van der Waals surface area contributed by atoms with Crippen LogP contribution in [0.5, 0.6) is 0 Å². The van der Waals surface area contributed by atoms with Gasteiger partial charge in [-0.1, -0.05) is 35.3 Å². The molecule has 3 aromatic rings. The van der Waals surface area contributed by atoms with Crippen LogP contribution in [0.1, 0.15) is 17.8 Å². The summed E-state index contributed by atoms with van der Waals surface area (Å²) in [7, 11) is 0. The summed E-state index contributed by atoms with van der Waals surface area (Å²) >= 11 is 13.3. The smallest absolute Gasteiger partial charge is 0.321 e. The molecule has 0 spiro atoms. The Hall–Kier alpha value is -2.42. The van der Waals surface area contributed by atoms with Gasteiger partial charge >= 0.3 is 6.03 Å². The number of halogens is 3. The van der Waals surface area contributed by atoms with E-state index in [0.717, 1.165) is 23.7 Å². The predicted octanol–water partition coefficient (Wildman–Crippen LogP) is 5.32. The second kappa shape index (κ2) is 9.80. The highest BCUT2D eigenvalue weighted by molar-refractivity contribution is 7.09. The van der Waals surface area contributed by atoms with Gasteiger partial charge in [-0.15, -0.1) is 0 Å². The fraction of sp³-hybridized carbons (Fsp3) is 0.286. The van der Waals surface area contributed by atoms with Crippen LogP contribution in [0.2, 0.25) is 10.0 Å². The van der Waals surface area contributed by atoms with Crippen LogP contribution in [0, 0.1) is 5.82 Å². The fourth-order valence-corrected chi connectivity index (χ4v) is 4.35. The SMILES string of the molecule is O=C(Nc1ccc(Cl)c(Cl)c1)N1CCCN(c2nc(Cc3ccc(F)cc3)ns2)CC1. The Labute approximate surface area is 193 Å². The Balaban J connectivity index is 1.34. The molecule has 2 amide bonds. The average Bonchev–Trinajstić information content (AvgIpc) is 3.07. The summed E-state index contributed by atoms with van der Waals surface area (Å²) in [6, 6.07) is 11.2. The van der Waals surface area contributed by atoms with Gasteiger partial charge in [-0.2, -0.15) is 4.37 Å². The molecule has 0 bridgehead atoms. The number of hydrogen-bond acceptors (Lipinski definition) is 5. The molecule has 0 radical (unpaired) electrons. The first kappa shape index (κ1) is 21.8. The highest BCUT2D eigenvalue weighted by Gasteiger charge is 2.21. The van der Waals surface area contributed by atoms with Crippen molar-refractivity contribution in [2.75, 3.05) is 36.4 Å². The standard InChI is InChI=1S/C21H20Cl2FN5OS/c22-17-7-6-16(13-18(17)23)25-20(30)28-8-1-9-29(11-10-28)21-26-19(27-31-21)12-14-2-4-15(24)5-3-14/h2-7,13H,1,8-12H2,(H,25,30). The average molecular weight is 480 g/mol. The van der Waals surface area contributed by atoms with Crippen LogP contribution in [0.4, 0.5) is 20.0 Å². The summed E-state index contributed by atoms with van der Waals surface area (Å²) in [5.74, 6) is 0.457. The van der Waals surface area contributed by atoms with Gasteiger partial charge in [0, 0.05) is 49.8 Å². The lowest BCUT2D eigenvalue weighted by Crippen LogP contribution is -2.38. The Morgan fingerprint density at radius 2 is 1.87 bits per heavy atom. The maximum Gasteiger partial charge on any atom is 0.321 e. The van der Waals surface area contributed by atoms with Crippen molar-refractivity contribution in [1.29, 1.82) is 0 Å². The molecule has 1 aliphatic heterocycles. The summed E-state index contributed by atoms with van der Waals surface area (Å²) in [5.41, 5.74) is 1.57. The number of carbonyl (C=O) groups is 1.